The highest BCUT2D eigenvalue weighted by atomic mass is 16.6. The molecule has 1 aromatic carbocycles. The topological polar surface area (TPSA) is 65.6 Å². The van der Waals surface area contributed by atoms with Gasteiger partial charge in [0.25, 0.3) is 0 Å². The lowest BCUT2D eigenvalue weighted by Crippen LogP contribution is -2.43. The van der Waals surface area contributed by atoms with Gasteiger partial charge < -0.3 is 19.7 Å². The zero-order chi connectivity index (χ0) is 16.6. The van der Waals surface area contributed by atoms with Crippen molar-refractivity contribution >= 4 is 17.0 Å². The van der Waals surface area contributed by atoms with E-state index in [0.717, 1.165) is 16.5 Å². The number of H-pyrrole nitrogens is 1. The molecule has 1 saturated heterocycles. The van der Waals surface area contributed by atoms with E-state index in [1.807, 2.05) is 45.2 Å². The van der Waals surface area contributed by atoms with Gasteiger partial charge in [-0.15, -0.1) is 0 Å². The van der Waals surface area contributed by atoms with E-state index >= 15 is 0 Å². The van der Waals surface area contributed by atoms with Crippen LogP contribution in [-0.4, -0.2) is 45.4 Å². The number of ether oxygens (including phenoxy) is 1. The molecule has 23 heavy (non-hydrogen) atoms. The Labute approximate surface area is 136 Å². The number of nitrogens with one attached hydrogen (secondary N) is 1. The lowest BCUT2D eigenvalue weighted by atomic mass is 10.0. The van der Waals surface area contributed by atoms with Gasteiger partial charge in [0.2, 0.25) is 0 Å². The van der Waals surface area contributed by atoms with E-state index in [2.05, 4.69) is 11.1 Å². The molecular weight excluding hydrogens is 292 g/mol. The van der Waals surface area contributed by atoms with Crippen molar-refractivity contribution in [3.05, 3.63) is 36.0 Å². The maximum Gasteiger partial charge on any atom is 0.410 e. The average Bonchev–Trinajstić information content (AvgIpc) is 3.03. The van der Waals surface area contributed by atoms with Gasteiger partial charge in [-0.3, -0.25) is 0 Å². The Hall–Kier alpha value is -2.01. The van der Waals surface area contributed by atoms with Gasteiger partial charge >= 0.3 is 6.09 Å². The number of benzene rings is 1. The Morgan fingerprint density at radius 2 is 2.13 bits per heavy atom. The van der Waals surface area contributed by atoms with Gasteiger partial charge in [-0.25, -0.2) is 4.79 Å². The quantitative estimate of drug-likeness (QED) is 0.895. The van der Waals surface area contributed by atoms with Crippen LogP contribution in [0.4, 0.5) is 4.79 Å². The summed E-state index contributed by atoms with van der Waals surface area (Å²) < 4.78 is 5.47. The molecule has 124 valence electrons. The molecule has 5 heteroatoms. The Morgan fingerprint density at radius 3 is 2.87 bits per heavy atom. The first-order chi connectivity index (χ1) is 10.8. The fraction of sp³-hybridized carbons (Fsp3) is 0.500. The zero-order valence-electron chi connectivity index (χ0n) is 13.9. The van der Waals surface area contributed by atoms with Crippen molar-refractivity contribution in [3.8, 4) is 0 Å². The molecule has 0 unspecified atom stereocenters. The average molecular weight is 316 g/mol. The van der Waals surface area contributed by atoms with Gasteiger partial charge in [-0.1, -0.05) is 18.2 Å². The Morgan fingerprint density at radius 1 is 1.39 bits per heavy atom. The molecule has 1 aliphatic rings. The van der Waals surface area contributed by atoms with Gasteiger partial charge in [0.05, 0.1) is 12.1 Å². The van der Waals surface area contributed by atoms with Crippen molar-refractivity contribution in [3.63, 3.8) is 0 Å². The summed E-state index contributed by atoms with van der Waals surface area (Å²) in [5.41, 5.74) is 1.65. The number of aromatic amines is 1. The molecule has 0 radical (unpaired) electrons. The normalized spacial score (nSPS) is 21.8. The van der Waals surface area contributed by atoms with Crippen LogP contribution in [0.3, 0.4) is 0 Å². The number of hydrogen-bond acceptors (Lipinski definition) is 3. The van der Waals surface area contributed by atoms with E-state index in [9.17, 15) is 9.90 Å². The van der Waals surface area contributed by atoms with Gasteiger partial charge in [-0.2, -0.15) is 0 Å². The third kappa shape index (κ3) is 3.34. The number of para-hydroxylation sites is 1. The van der Waals surface area contributed by atoms with Gasteiger partial charge in [0.15, 0.2) is 0 Å². The Bertz CT molecular complexity index is 702. The summed E-state index contributed by atoms with van der Waals surface area (Å²) in [4.78, 5) is 17.3. The molecule has 0 bridgehead atoms. The number of aliphatic hydroxyl groups is 1. The number of carbonyl (C=O) groups is 1. The molecule has 2 N–H and O–H groups in total. The van der Waals surface area contributed by atoms with E-state index in [1.54, 1.807) is 4.90 Å². The lowest BCUT2D eigenvalue weighted by molar-refractivity contribution is 0.0156. The van der Waals surface area contributed by atoms with Gasteiger partial charge in [-0.05, 0) is 45.2 Å². The first kappa shape index (κ1) is 15.9. The van der Waals surface area contributed by atoms with Crippen molar-refractivity contribution in [2.45, 2.75) is 51.4 Å². The number of hydrogen-bond donors (Lipinski definition) is 2. The van der Waals surface area contributed by atoms with Crippen molar-refractivity contribution in [1.82, 2.24) is 9.88 Å². The number of nitrogens with zero attached hydrogens (tertiary/aromatic N) is 1. The van der Waals surface area contributed by atoms with Crippen molar-refractivity contribution in [1.29, 1.82) is 0 Å². The van der Waals surface area contributed by atoms with E-state index in [-0.39, 0.29) is 12.1 Å². The van der Waals surface area contributed by atoms with Crippen molar-refractivity contribution < 1.29 is 14.6 Å². The molecule has 1 aliphatic heterocycles. The molecule has 0 saturated carbocycles. The van der Waals surface area contributed by atoms with Gasteiger partial charge in [0.1, 0.15) is 5.60 Å². The number of carbonyl (C=O) groups excluding carboxylic acids is 1. The molecule has 0 spiro atoms. The number of aromatic nitrogens is 1. The van der Waals surface area contributed by atoms with Crippen LogP contribution in [0.5, 0.6) is 0 Å². The summed E-state index contributed by atoms with van der Waals surface area (Å²) >= 11 is 0. The van der Waals surface area contributed by atoms with Gasteiger partial charge in [0, 0.05) is 23.6 Å². The molecule has 3 rings (SSSR count). The maximum absolute atomic E-state index is 12.4. The summed E-state index contributed by atoms with van der Waals surface area (Å²) in [6, 6.07) is 7.82. The van der Waals surface area contributed by atoms with E-state index in [0.29, 0.717) is 19.4 Å². The minimum Gasteiger partial charge on any atom is -0.444 e. The predicted molar refractivity (Wildman–Crippen MR) is 89.4 cm³/mol. The molecule has 2 atom stereocenters. The van der Waals surface area contributed by atoms with Crippen molar-refractivity contribution in [2.75, 3.05) is 6.54 Å². The van der Waals surface area contributed by atoms with Crippen LogP contribution in [0.15, 0.2) is 30.5 Å². The van der Waals surface area contributed by atoms with E-state index in [4.69, 9.17) is 4.74 Å². The van der Waals surface area contributed by atoms with Crippen LogP contribution < -0.4 is 0 Å². The number of amides is 1. The Balaban J connectivity index is 1.80. The summed E-state index contributed by atoms with van der Waals surface area (Å²) in [7, 11) is 0. The summed E-state index contributed by atoms with van der Waals surface area (Å²) in [6.45, 7) is 6.09. The molecule has 1 amide bonds. The standard InChI is InChI=1S/C18H24N2O3/c1-18(2,3)23-17(22)20-9-8-16(21)15(20)10-12-11-19-14-7-5-4-6-13(12)14/h4-7,11,15-16,19,21H,8-10H2,1-3H3/t15-,16-/m1/s1. The van der Waals surface area contributed by atoms with Crippen LogP contribution in [-0.2, 0) is 11.2 Å². The smallest absolute Gasteiger partial charge is 0.410 e. The highest BCUT2D eigenvalue weighted by Crippen LogP contribution is 2.27. The summed E-state index contributed by atoms with van der Waals surface area (Å²) in [5, 5.41) is 11.5. The molecular formula is C18H24N2O3. The lowest BCUT2D eigenvalue weighted by Gasteiger charge is -2.29. The Kier molecular flexibility index (Phi) is 4.06. The predicted octanol–water partition coefficient (Wildman–Crippen LogP) is 3.08. The molecule has 2 aromatic rings. The minimum absolute atomic E-state index is 0.246. The fourth-order valence-corrected chi connectivity index (χ4v) is 3.16. The van der Waals surface area contributed by atoms with Crippen LogP contribution in [0.1, 0.15) is 32.8 Å². The number of fused-ring (bicyclic) bond motifs is 1. The van der Waals surface area contributed by atoms with Crippen LogP contribution >= 0.6 is 0 Å². The molecule has 0 aliphatic carbocycles. The number of aliphatic hydroxyl groups excluding tert-OH is 1. The van der Waals surface area contributed by atoms with Crippen molar-refractivity contribution in [2.24, 2.45) is 0 Å². The van der Waals surface area contributed by atoms with E-state index < -0.39 is 11.7 Å². The first-order valence-electron chi connectivity index (χ1n) is 8.08. The third-order valence-corrected chi connectivity index (χ3v) is 4.24. The highest BCUT2D eigenvalue weighted by molar-refractivity contribution is 5.83. The SMILES string of the molecule is CC(C)(C)OC(=O)N1CC[C@@H](O)[C@H]1Cc1c[nH]c2ccccc12. The van der Waals surface area contributed by atoms with Crippen LogP contribution in [0.25, 0.3) is 10.9 Å². The van der Waals surface area contributed by atoms with Crippen LogP contribution in [0, 0.1) is 0 Å². The second-order valence-electron chi connectivity index (χ2n) is 7.16. The third-order valence-electron chi connectivity index (χ3n) is 4.24. The summed E-state index contributed by atoms with van der Waals surface area (Å²) in [6.07, 6.45) is 2.30. The van der Waals surface area contributed by atoms with E-state index in [1.165, 1.54) is 0 Å². The minimum atomic E-state index is -0.532. The molecule has 5 nitrogen and oxygen atoms in total. The fourth-order valence-electron chi connectivity index (χ4n) is 3.16. The highest BCUT2D eigenvalue weighted by Gasteiger charge is 2.38. The molecule has 2 heterocycles. The molecule has 1 fully saturated rings. The molecule has 1 aromatic heterocycles. The number of rotatable bonds is 2. The zero-order valence-corrected chi connectivity index (χ0v) is 13.9. The summed E-state index contributed by atoms with van der Waals surface area (Å²) in [5.74, 6) is 0. The monoisotopic (exact) mass is 316 g/mol. The second-order valence-corrected chi connectivity index (χ2v) is 7.16. The maximum atomic E-state index is 12.4. The number of likely N-dealkylation sites (tertiary alicyclic amines) is 1. The van der Waals surface area contributed by atoms with Crippen LogP contribution in [0.2, 0.25) is 0 Å². The second kappa shape index (κ2) is 5.89. The first-order valence-corrected chi connectivity index (χ1v) is 8.08. The largest absolute Gasteiger partial charge is 0.444 e.